The molecule has 5 heteroatoms. The molecule has 0 atom stereocenters. The summed E-state index contributed by atoms with van der Waals surface area (Å²) in [7, 11) is 0. The smallest absolute Gasteiger partial charge is 0.181 e. The average Bonchev–Trinajstić information content (AvgIpc) is 2.71. The van der Waals surface area contributed by atoms with Crippen molar-refractivity contribution in [1.29, 1.82) is 0 Å². The Bertz CT molecular complexity index is 368. The summed E-state index contributed by atoms with van der Waals surface area (Å²) in [4.78, 5) is 4.89. The van der Waals surface area contributed by atoms with Crippen LogP contribution in [-0.2, 0) is 6.42 Å². The van der Waals surface area contributed by atoms with E-state index >= 15 is 0 Å². The maximum atomic E-state index is 5.47. The largest absolute Gasteiger partial charge is 0.443 e. The number of hydrogen-bond donors (Lipinski definition) is 1. The van der Waals surface area contributed by atoms with Crippen molar-refractivity contribution in [3.63, 3.8) is 0 Å². The number of oxazole rings is 1. The van der Waals surface area contributed by atoms with Crippen LogP contribution in [0.5, 0.6) is 0 Å². The molecule has 2 N–H and O–H groups in total. The molecule has 13 heavy (non-hydrogen) atoms. The fraction of sp³-hybridized carbons (Fsp3) is 0.250. The van der Waals surface area contributed by atoms with E-state index in [-0.39, 0.29) is 0 Å². The Morgan fingerprint density at radius 3 is 3.08 bits per heavy atom. The Hall–Kier alpha value is -1.20. The van der Waals surface area contributed by atoms with Gasteiger partial charge in [-0.3, -0.25) is 0 Å². The van der Waals surface area contributed by atoms with Crippen LogP contribution in [0.25, 0.3) is 10.6 Å². The van der Waals surface area contributed by atoms with Gasteiger partial charge in [-0.25, -0.2) is 9.36 Å². The first-order valence-corrected chi connectivity index (χ1v) is 4.71. The van der Waals surface area contributed by atoms with E-state index in [0.29, 0.717) is 6.54 Å². The zero-order valence-corrected chi connectivity index (χ0v) is 7.75. The van der Waals surface area contributed by atoms with Crippen LogP contribution in [0.15, 0.2) is 23.2 Å². The summed E-state index contributed by atoms with van der Waals surface area (Å²) in [5.41, 5.74) is 6.60. The van der Waals surface area contributed by atoms with Crippen molar-refractivity contribution < 1.29 is 4.42 Å². The molecule has 68 valence electrons. The van der Waals surface area contributed by atoms with Gasteiger partial charge in [0.15, 0.2) is 12.2 Å². The van der Waals surface area contributed by atoms with E-state index in [2.05, 4.69) is 9.36 Å². The quantitative estimate of drug-likeness (QED) is 0.801. The second-order valence-electron chi connectivity index (χ2n) is 2.58. The van der Waals surface area contributed by atoms with Gasteiger partial charge in [-0.1, -0.05) is 0 Å². The Morgan fingerprint density at radius 2 is 2.38 bits per heavy atom. The van der Waals surface area contributed by atoms with Crippen molar-refractivity contribution in [3.05, 3.63) is 24.4 Å². The second-order valence-corrected chi connectivity index (χ2v) is 3.39. The number of nitrogens with zero attached hydrogens (tertiary/aromatic N) is 2. The summed E-state index contributed by atoms with van der Waals surface area (Å²) in [6.45, 7) is 0.625. The summed E-state index contributed by atoms with van der Waals surface area (Å²) >= 11 is 1.41. The highest BCUT2D eigenvalue weighted by Gasteiger charge is 2.09. The molecular weight excluding hydrogens is 186 g/mol. The van der Waals surface area contributed by atoms with Crippen LogP contribution in [0.4, 0.5) is 0 Å². The number of aromatic nitrogens is 2. The van der Waals surface area contributed by atoms with Gasteiger partial charge in [-0.2, -0.15) is 0 Å². The zero-order valence-electron chi connectivity index (χ0n) is 6.93. The first kappa shape index (κ1) is 8.40. The van der Waals surface area contributed by atoms with Crippen LogP contribution in [0.3, 0.4) is 0 Å². The molecule has 0 saturated heterocycles. The van der Waals surface area contributed by atoms with Gasteiger partial charge in [0.1, 0.15) is 0 Å². The lowest BCUT2D eigenvalue weighted by Crippen LogP contribution is -2.02. The van der Waals surface area contributed by atoms with Gasteiger partial charge < -0.3 is 10.2 Å². The Morgan fingerprint density at radius 1 is 1.46 bits per heavy atom. The van der Waals surface area contributed by atoms with Gasteiger partial charge in [-0.15, -0.1) is 0 Å². The molecule has 0 amide bonds. The standard InChI is InChI=1S/C8H9N3OS/c9-2-1-6-3-11-13-8(6)7-4-10-5-12-7/h3-5H,1-2,9H2. The molecular formula is C8H9N3OS. The number of nitrogens with two attached hydrogens (primary N) is 1. The molecule has 2 heterocycles. The van der Waals surface area contributed by atoms with Crippen molar-refractivity contribution in [2.45, 2.75) is 6.42 Å². The van der Waals surface area contributed by atoms with E-state index in [9.17, 15) is 0 Å². The van der Waals surface area contributed by atoms with Crippen LogP contribution in [0.1, 0.15) is 5.56 Å². The summed E-state index contributed by atoms with van der Waals surface area (Å²) in [5, 5.41) is 0. The minimum Gasteiger partial charge on any atom is -0.443 e. The van der Waals surface area contributed by atoms with Gasteiger partial charge in [-0.05, 0) is 30.1 Å². The molecule has 0 spiro atoms. The molecule has 0 aliphatic rings. The van der Waals surface area contributed by atoms with Crippen molar-refractivity contribution in [2.24, 2.45) is 5.73 Å². The van der Waals surface area contributed by atoms with Gasteiger partial charge in [0.2, 0.25) is 0 Å². The highest BCUT2D eigenvalue weighted by Crippen LogP contribution is 2.27. The molecule has 0 aliphatic heterocycles. The van der Waals surface area contributed by atoms with E-state index in [0.717, 1.165) is 22.6 Å². The maximum absolute atomic E-state index is 5.47. The predicted molar refractivity (Wildman–Crippen MR) is 50.4 cm³/mol. The SMILES string of the molecule is NCCc1cnsc1-c1cnco1. The molecule has 2 rings (SSSR count). The van der Waals surface area contributed by atoms with Gasteiger partial charge >= 0.3 is 0 Å². The highest BCUT2D eigenvalue weighted by molar-refractivity contribution is 7.09. The van der Waals surface area contributed by atoms with Gasteiger partial charge in [0.25, 0.3) is 0 Å². The first-order valence-electron chi connectivity index (χ1n) is 3.94. The minimum absolute atomic E-state index is 0.625. The molecule has 2 aromatic heterocycles. The Labute approximate surface area is 79.6 Å². The molecule has 0 aliphatic carbocycles. The van der Waals surface area contributed by atoms with Crippen LogP contribution in [-0.4, -0.2) is 15.9 Å². The van der Waals surface area contributed by atoms with Crippen molar-refractivity contribution in [3.8, 4) is 10.6 Å². The highest BCUT2D eigenvalue weighted by atomic mass is 32.1. The topological polar surface area (TPSA) is 64.9 Å². The Kier molecular flexibility index (Phi) is 2.37. The lowest BCUT2D eigenvalue weighted by molar-refractivity contribution is 0.572. The van der Waals surface area contributed by atoms with Crippen molar-refractivity contribution >= 4 is 11.5 Å². The van der Waals surface area contributed by atoms with Crippen LogP contribution in [0.2, 0.25) is 0 Å². The van der Waals surface area contributed by atoms with Crippen LogP contribution < -0.4 is 5.73 Å². The summed E-state index contributed by atoms with van der Waals surface area (Å²) < 4.78 is 9.28. The fourth-order valence-electron chi connectivity index (χ4n) is 1.12. The normalized spacial score (nSPS) is 10.5. The molecule has 0 bridgehead atoms. The van der Waals surface area contributed by atoms with E-state index in [1.54, 1.807) is 6.20 Å². The predicted octanol–water partition coefficient (Wildman–Crippen LogP) is 1.30. The van der Waals surface area contributed by atoms with E-state index in [1.165, 1.54) is 17.9 Å². The maximum Gasteiger partial charge on any atom is 0.181 e. The second kappa shape index (κ2) is 3.68. The van der Waals surface area contributed by atoms with Crippen molar-refractivity contribution in [2.75, 3.05) is 6.54 Å². The third kappa shape index (κ3) is 1.61. The molecule has 0 aromatic carbocycles. The third-order valence-corrected chi connectivity index (χ3v) is 2.57. The average molecular weight is 195 g/mol. The van der Waals surface area contributed by atoms with Gasteiger partial charge in [0, 0.05) is 6.20 Å². The van der Waals surface area contributed by atoms with Crippen LogP contribution >= 0.6 is 11.5 Å². The van der Waals surface area contributed by atoms with E-state index < -0.39 is 0 Å². The Balaban J connectivity index is 2.35. The third-order valence-electron chi connectivity index (χ3n) is 1.71. The number of hydrogen-bond acceptors (Lipinski definition) is 5. The summed E-state index contributed by atoms with van der Waals surface area (Å²) in [6, 6.07) is 0. The molecule has 0 saturated carbocycles. The van der Waals surface area contributed by atoms with Crippen LogP contribution in [0, 0.1) is 0 Å². The lowest BCUT2D eigenvalue weighted by atomic mass is 10.2. The summed E-state index contributed by atoms with van der Waals surface area (Å²) in [5.74, 6) is 0.769. The van der Waals surface area contributed by atoms with Crippen molar-refractivity contribution in [1.82, 2.24) is 9.36 Å². The van der Waals surface area contributed by atoms with E-state index in [1.807, 2.05) is 6.20 Å². The minimum atomic E-state index is 0.625. The molecule has 0 unspecified atom stereocenters. The lowest BCUT2D eigenvalue weighted by Gasteiger charge is -1.95. The monoisotopic (exact) mass is 195 g/mol. The van der Waals surface area contributed by atoms with E-state index in [4.69, 9.17) is 10.2 Å². The molecule has 0 radical (unpaired) electrons. The molecule has 0 fully saturated rings. The molecule has 4 nitrogen and oxygen atoms in total. The fourth-order valence-corrected chi connectivity index (χ4v) is 1.87. The first-order chi connectivity index (χ1) is 6.42. The number of rotatable bonds is 3. The summed E-state index contributed by atoms with van der Waals surface area (Å²) in [6.07, 6.45) is 5.76. The molecule has 2 aromatic rings. The zero-order chi connectivity index (χ0) is 9.10. The van der Waals surface area contributed by atoms with Gasteiger partial charge in [0.05, 0.1) is 11.1 Å².